The predicted molar refractivity (Wildman–Crippen MR) is 75.7 cm³/mol. The fourth-order valence-corrected chi connectivity index (χ4v) is 1.96. The van der Waals surface area contributed by atoms with Crippen molar-refractivity contribution in [2.24, 2.45) is 0 Å². The zero-order valence-corrected chi connectivity index (χ0v) is 11.6. The van der Waals surface area contributed by atoms with E-state index in [4.69, 9.17) is 10.00 Å². The van der Waals surface area contributed by atoms with E-state index in [1.54, 1.807) is 30.3 Å². The third kappa shape index (κ3) is 3.79. The van der Waals surface area contributed by atoms with Crippen LogP contribution in [0.3, 0.4) is 0 Å². The van der Waals surface area contributed by atoms with Gasteiger partial charge in [-0.05, 0) is 4.57 Å². The van der Waals surface area contributed by atoms with Crippen LogP contribution in [0.1, 0.15) is 11.4 Å². The number of aromatic amines is 2. The summed E-state index contributed by atoms with van der Waals surface area (Å²) in [6, 6.07) is 8.40. The van der Waals surface area contributed by atoms with Gasteiger partial charge in [0.05, 0.1) is 12.7 Å². The summed E-state index contributed by atoms with van der Waals surface area (Å²) in [6.07, 6.45) is 2.76. The lowest BCUT2D eigenvalue weighted by Gasteiger charge is -1.94. The number of nitrogens with zero attached hydrogens (tertiary/aromatic N) is 2. The lowest BCUT2D eigenvalue weighted by atomic mass is 10.2. The molecule has 0 spiro atoms. The third-order valence-corrected chi connectivity index (χ3v) is 3.25. The monoisotopic (exact) mass is 307 g/mol. The molecule has 3 aromatic rings. The average Bonchev–Trinajstić information content (AvgIpc) is 2.98. The van der Waals surface area contributed by atoms with Crippen molar-refractivity contribution in [3.05, 3.63) is 58.9 Å². The summed E-state index contributed by atoms with van der Waals surface area (Å²) in [7, 11) is -2.53. The quantitative estimate of drug-likeness (QED) is 0.523. The first-order valence-corrected chi connectivity index (χ1v) is 7.12. The molecule has 1 aromatic carbocycles. The van der Waals surface area contributed by atoms with Crippen molar-refractivity contribution in [2.45, 2.75) is 5.85 Å². The molecule has 9 heteroatoms. The van der Waals surface area contributed by atoms with Gasteiger partial charge >= 0.3 is 13.9 Å². The third-order valence-electron chi connectivity index (χ3n) is 2.54. The van der Waals surface area contributed by atoms with Gasteiger partial charge in [0.2, 0.25) is 0 Å². The maximum atomic E-state index is 10.9. The first-order chi connectivity index (χ1) is 10.1. The molecule has 0 bridgehead atoms. The van der Waals surface area contributed by atoms with Gasteiger partial charge in [-0.25, -0.2) is 9.97 Å². The van der Waals surface area contributed by atoms with Crippen LogP contribution in [0.2, 0.25) is 0 Å². The number of nitrogens with one attached hydrogen (secondary N) is 2. The Morgan fingerprint density at radius 2 is 1.71 bits per heavy atom. The number of benzene rings is 1. The number of aliphatic hydroxyl groups excluding tert-OH is 1. The van der Waals surface area contributed by atoms with Crippen LogP contribution in [-0.4, -0.2) is 29.9 Å². The molecule has 0 saturated heterocycles. The lowest BCUT2D eigenvalue weighted by Crippen LogP contribution is -2.05. The number of fused-ring (bicyclic) bond motifs is 1. The van der Waals surface area contributed by atoms with Crippen molar-refractivity contribution in [3.63, 3.8) is 0 Å². The van der Waals surface area contributed by atoms with E-state index >= 15 is 0 Å². The van der Waals surface area contributed by atoms with Crippen molar-refractivity contribution < 1.29 is 14.6 Å². The maximum Gasteiger partial charge on any atom is 0.542 e. The largest absolute Gasteiger partial charge is 0.542 e. The predicted octanol–water partition coefficient (Wildman–Crippen LogP) is 1.06. The van der Waals surface area contributed by atoms with Crippen LogP contribution in [0.25, 0.3) is 11.2 Å². The fourth-order valence-electron chi connectivity index (χ4n) is 1.53. The van der Waals surface area contributed by atoms with Crippen LogP contribution in [-0.2, 0) is 4.57 Å². The van der Waals surface area contributed by atoms with E-state index in [1.165, 1.54) is 12.7 Å². The van der Waals surface area contributed by atoms with Gasteiger partial charge in [0, 0.05) is 5.56 Å². The number of aromatic nitrogens is 4. The molecule has 2 atom stereocenters. The van der Waals surface area contributed by atoms with Crippen molar-refractivity contribution >= 4 is 19.2 Å². The molecule has 2 heterocycles. The Balaban J connectivity index is 0.000000154. The van der Waals surface area contributed by atoms with Crippen LogP contribution >= 0.6 is 8.03 Å². The molecular formula is C12H12N4O4P+. The molecule has 0 amide bonds. The van der Waals surface area contributed by atoms with Crippen LogP contribution in [0.4, 0.5) is 0 Å². The molecule has 0 fully saturated rings. The zero-order valence-electron chi connectivity index (χ0n) is 10.7. The standard InChI is InChI=1S/C7H7O3P.C5H4N4O/c8-7(11(9)10)6-4-2-1-3-5-6;10-5-3-4(7-1-6-3)8-2-9-5/h1-5,7-8H;1-2H,(H2,6,7,8,9,10)/p+1. The molecule has 2 aromatic heterocycles. The summed E-state index contributed by atoms with van der Waals surface area (Å²) in [5.41, 5.74) is 1.14. The topological polar surface area (TPSA) is 132 Å². The highest BCUT2D eigenvalue weighted by atomic mass is 31.1. The highest BCUT2D eigenvalue weighted by Gasteiger charge is 2.27. The number of rotatable bonds is 2. The van der Waals surface area contributed by atoms with Gasteiger partial charge in [-0.15, -0.1) is 0 Å². The SMILES string of the molecule is O=[P+](O)C(O)c1ccccc1.O=c1[nH]cnc2nc[nH]c12. The van der Waals surface area contributed by atoms with Crippen molar-refractivity contribution in [1.82, 2.24) is 19.9 Å². The molecule has 0 saturated carbocycles. The van der Waals surface area contributed by atoms with Gasteiger partial charge < -0.3 is 15.1 Å². The number of hydrogen-bond acceptors (Lipinski definition) is 5. The summed E-state index contributed by atoms with van der Waals surface area (Å²) in [6.45, 7) is 0. The molecule has 2 unspecified atom stereocenters. The summed E-state index contributed by atoms with van der Waals surface area (Å²) in [5, 5.41) is 9.06. The zero-order chi connectivity index (χ0) is 15.2. The van der Waals surface area contributed by atoms with Crippen LogP contribution < -0.4 is 5.56 Å². The average molecular weight is 307 g/mol. The number of imidazole rings is 1. The Labute approximate surface area is 119 Å². The molecule has 0 aliphatic heterocycles. The fraction of sp³-hybridized carbons (Fsp3) is 0.0833. The number of H-pyrrole nitrogens is 2. The second kappa shape index (κ2) is 6.85. The molecule has 108 valence electrons. The first-order valence-electron chi connectivity index (χ1n) is 5.84. The minimum absolute atomic E-state index is 0.192. The summed E-state index contributed by atoms with van der Waals surface area (Å²) in [4.78, 5) is 32.1. The van der Waals surface area contributed by atoms with Crippen molar-refractivity contribution in [2.75, 3.05) is 0 Å². The normalized spacial score (nSPS) is 12.4. The lowest BCUT2D eigenvalue weighted by molar-refractivity contribution is 0.243. The molecular weight excluding hydrogens is 295 g/mol. The van der Waals surface area contributed by atoms with Gasteiger partial charge in [-0.1, -0.05) is 30.3 Å². The summed E-state index contributed by atoms with van der Waals surface area (Å²) < 4.78 is 10.4. The van der Waals surface area contributed by atoms with E-state index in [9.17, 15) is 9.36 Å². The van der Waals surface area contributed by atoms with Crippen LogP contribution in [0.5, 0.6) is 0 Å². The smallest absolute Gasteiger partial charge is 0.345 e. The molecule has 0 aliphatic carbocycles. The van der Waals surface area contributed by atoms with E-state index in [-0.39, 0.29) is 5.56 Å². The van der Waals surface area contributed by atoms with E-state index < -0.39 is 13.9 Å². The molecule has 0 radical (unpaired) electrons. The minimum Gasteiger partial charge on any atom is -0.345 e. The second-order valence-electron chi connectivity index (χ2n) is 3.92. The van der Waals surface area contributed by atoms with Gasteiger partial charge in [-0.3, -0.25) is 4.79 Å². The number of hydrogen-bond donors (Lipinski definition) is 4. The second-order valence-corrected chi connectivity index (χ2v) is 5.01. The van der Waals surface area contributed by atoms with Crippen LogP contribution in [0.15, 0.2) is 47.8 Å². The van der Waals surface area contributed by atoms with Gasteiger partial charge in [-0.2, -0.15) is 4.89 Å². The molecule has 3 rings (SSSR count). The van der Waals surface area contributed by atoms with E-state index in [0.717, 1.165) is 0 Å². The highest BCUT2D eigenvalue weighted by Crippen LogP contribution is 2.34. The van der Waals surface area contributed by atoms with Gasteiger partial charge in [0.25, 0.3) is 5.56 Å². The minimum atomic E-state index is -2.53. The Bertz CT molecular complexity index is 786. The first kappa shape index (κ1) is 15.0. The highest BCUT2D eigenvalue weighted by molar-refractivity contribution is 7.38. The van der Waals surface area contributed by atoms with Gasteiger partial charge in [0.1, 0.15) is 0 Å². The van der Waals surface area contributed by atoms with Crippen molar-refractivity contribution in [1.29, 1.82) is 0 Å². The Morgan fingerprint density at radius 1 is 1.10 bits per heavy atom. The molecule has 21 heavy (non-hydrogen) atoms. The summed E-state index contributed by atoms with van der Waals surface area (Å²) >= 11 is 0. The maximum absolute atomic E-state index is 10.9. The van der Waals surface area contributed by atoms with Crippen molar-refractivity contribution in [3.8, 4) is 0 Å². The Morgan fingerprint density at radius 3 is 2.29 bits per heavy atom. The Kier molecular flexibility index (Phi) is 4.89. The summed E-state index contributed by atoms with van der Waals surface area (Å²) in [5.74, 6) is -1.26. The van der Waals surface area contributed by atoms with Crippen LogP contribution in [0, 0.1) is 0 Å². The Hall–Kier alpha value is -2.41. The van der Waals surface area contributed by atoms with Gasteiger partial charge in [0.15, 0.2) is 11.2 Å². The molecule has 8 nitrogen and oxygen atoms in total. The molecule has 4 N–H and O–H groups in total. The van der Waals surface area contributed by atoms with E-state index in [0.29, 0.717) is 16.7 Å². The van der Waals surface area contributed by atoms with E-state index in [1.807, 2.05) is 0 Å². The number of aliphatic hydroxyl groups is 1. The molecule has 0 aliphatic rings. The van der Waals surface area contributed by atoms with E-state index in [2.05, 4.69) is 19.9 Å².